The van der Waals surface area contributed by atoms with E-state index in [1.807, 2.05) is 12.1 Å². The Hall–Kier alpha value is -2.17. The third-order valence-electron chi connectivity index (χ3n) is 6.66. The summed E-state index contributed by atoms with van der Waals surface area (Å²) in [4.78, 5) is 19.6. The molecule has 2 aromatic rings. The summed E-state index contributed by atoms with van der Waals surface area (Å²) in [6.45, 7) is 5.35. The Bertz CT molecular complexity index is 1070. The first kappa shape index (κ1) is 25.9. The van der Waals surface area contributed by atoms with Crippen molar-refractivity contribution in [1.82, 2.24) is 19.6 Å². The van der Waals surface area contributed by atoms with Gasteiger partial charge in [0, 0.05) is 37.9 Å². The number of aromatic nitrogens is 2. The van der Waals surface area contributed by atoms with Crippen molar-refractivity contribution >= 4 is 34.8 Å². The quantitative estimate of drug-likeness (QED) is 0.552. The van der Waals surface area contributed by atoms with Crippen molar-refractivity contribution in [3.63, 3.8) is 0 Å². The summed E-state index contributed by atoms with van der Waals surface area (Å²) in [5.74, 6) is 0.295. The van der Waals surface area contributed by atoms with E-state index >= 15 is 0 Å². The van der Waals surface area contributed by atoms with E-state index in [0.29, 0.717) is 37.0 Å². The molecule has 2 aliphatic heterocycles. The van der Waals surface area contributed by atoms with Crippen LogP contribution in [0.3, 0.4) is 0 Å². The Morgan fingerprint density at radius 2 is 1.89 bits per heavy atom. The fraction of sp³-hybridized carbons (Fsp3) is 0.565. The second kappa shape index (κ2) is 10.4. The first-order valence-electron chi connectivity index (χ1n) is 11.5. The Kier molecular flexibility index (Phi) is 7.73. The summed E-state index contributed by atoms with van der Waals surface area (Å²) in [5.41, 5.74) is -0.107. The lowest BCUT2D eigenvalue weighted by Crippen LogP contribution is -2.59. The molecule has 2 aliphatic rings. The maximum Gasteiger partial charge on any atom is 0.436 e. The smallest absolute Gasteiger partial charge is 0.436 e. The molecule has 1 aromatic carbocycles. The number of halogens is 5. The minimum Gasteiger partial charge on any atom is -0.495 e. The van der Waals surface area contributed by atoms with E-state index in [4.69, 9.17) is 27.9 Å². The SMILES string of the molecule is COc1cc(N2CCN(C(=O)Cn3nc(C(F)(F)F)c(Cl)c3C)[C@@H](CN3CCCC3)C2)ccc1Cl. The van der Waals surface area contributed by atoms with E-state index in [1.54, 1.807) is 18.1 Å². The number of carbonyl (C=O) groups is 1. The maximum absolute atomic E-state index is 13.3. The molecule has 1 atom stereocenters. The number of ether oxygens (including phenoxy) is 1. The van der Waals surface area contributed by atoms with Crippen molar-refractivity contribution in [2.24, 2.45) is 0 Å². The van der Waals surface area contributed by atoms with Gasteiger partial charge in [0.2, 0.25) is 5.91 Å². The van der Waals surface area contributed by atoms with E-state index in [-0.39, 0.29) is 24.2 Å². The zero-order valence-electron chi connectivity index (χ0n) is 19.6. The maximum atomic E-state index is 13.3. The topological polar surface area (TPSA) is 53.8 Å². The van der Waals surface area contributed by atoms with Crippen molar-refractivity contribution in [1.29, 1.82) is 0 Å². The molecule has 4 rings (SSSR count). The van der Waals surface area contributed by atoms with Crippen LogP contribution in [-0.2, 0) is 17.5 Å². The minimum atomic E-state index is -4.68. The number of benzene rings is 1. The number of hydrogen-bond acceptors (Lipinski definition) is 5. The molecule has 0 spiro atoms. The van der Waals surface area contributed by atoms with Crippen LogP contribution in [0.2, 0.25) is 10.0 Å². The molecule has 0 saturated carbocycles. The average Bonchev–Trinajstić information content (AvgIpc) is 3.42. The van der Waals surface area contributed by atoms with Gasteiger partial charge < -0.3 is 19.4 Å². The molecular formula is C23H28Cl2F3N5O2. The van der Waals surface area contributed by atoms with Crippen LogP contribution in [0, 0.1) is 6.92 Å². The Balaban J connectivity index is 1.54. The Labute approximate surface area is 212 Å². The Morgan fingerprint density at radius 3 is 2.51 bits per heavy atom. The minimum absolute atomic E-state index is 0.121. The predicted molar refractivity (Wildman–Crippen MR) is 128 cm³/mol. The molecule has 1 aromatic heterocycles. The van der Waals surface area contributed by atoms with E-state index in [9.17, 15) is 18.0 Å². The largest absolute Gasteiger partial charge is 0.495 e. The molecule has 3 heterocycles. The molecule has 0 bridgehead atoms. The van der Waals surface area contributed by atoms with Gasteiger partial charge in [0.1, 0.15) is 12.3 Å². The molecule has 35 heavy (non-hydrogen) atoms. The first-order chi connectivity index (χ1) is 16.6. The summed E-state index contributed by atoms with van der Waals surface area (Å²) in [6, 6.07) is 5.44. The van der Waals surface area contributed by atoms with Gasteiger partial charge in [0.05, 0.1) is 28.9 Å². The lowest BCUT2D eigenvalue weighted by molar-refractivity contribution is -0.142. The van der Waals surface area contributed by atoms with Crippen LogP contribution >= 0.6 is 23.2 Å². The van der Waals surface area contributed by atoms with Crippen LogP contribution in [0.5, 0.6) is 5.75 Å². The van der Waals surface area contributed by atoms with Gasteiger partial charge in [-0.3, -0.25) is 9.48 Å². The van der Waals surface area contributed by atoms with Gasteiger partial charge in [0.25, 0.3) is 0 Å². The number of anilines is 1. The number of carbonyl (C=O) groups excluding carboxylic acids is 1. The van der Waals surface area contributed by atoms with Gasteiger partial charge in [0.15, 0.2) is 5.69 Å². The van der Waals surface area contributed by atoms with Gasteiger partial charge in [-0.15, -0.1) is 0 Å². The lowest BCUT2D eigenvalue weighted by Gasteiger charge is -2.44. The van der Waals surface area contributed by atoms with Gasteiger partial charge in [-0.1, -0.05) is 23.2 Å². The zero-order valence-corrected chi connectivity index (χ0v) is 21.1. The lowest BCUT2D eigenvalue weighted by atomic mass is 10.1. The fourth-order valence-corrected chi connectivity index (χ4v) is 5.20. The number of nitrogens with zero attached hydrogens (tertiary/aromatic N) is 5. The van der Waals surface area contributed by atoms with Crippen LogP contribution in [0.1, 0.15) is 24.2 Å². The molecule has 2 saturated heterocycles. The molecular weight excluding hydrogens is 506 g/mol. The van der Waals surface area contributed by atoms with Crippen molar-refractivity contribution in [3.8, 4) is 5.75 Å². The standard InChI is InChI=1S/C23H28Cl2F3N5O2/c1-15-21(25)22(23(26,27)28)29-33(15)14-20(34)32-10-9-31(13-17(32)12-30-7-3-4-8-30)16-5-6-18(24)19(11-16)35-2/h5-6,11,17H,3-4,7-10,12-14H2,1-2H3/t17-/m0/s1. The zero-order chi connectivity index (χ0) is 25.3. The van der Waals surface area contributed by atoms with Crippen molar-refractivity contribution in [3.05, 3.63) is 39.6 Å². The van der Waals surface area contributed by atoms with Crippen molar-refractivity contribution in [2.45, 2.75) is 38.5 Å². The molecule has 0 radical (unpaired) electrons. The van der Waals surface area contributed by atoms with Gasteiger partial charge >= 0.3 is 6.18 Å². The molecule has 0 aliphatic carbocycles. The molecule has 0 N–H and O–H groups in total. The van der Waals surface area contributed by atoms with Crippen LogP contribution < -0.4 is 9.64 Å². The van der Waals surface area contributed by atoms with Crippen LogP contribution in [0.15, 0.2) is 18.2 Å². The van der Waals surface area contributed by atoms with Crippen LogP contribution in [-0.4, -0.2) is 77.9 Å². The van der Waals surface area contributed by atoms with Crippen molar-refractivity contribution < 1.29 is 22.7 Å². The highest BCUT2D eigenvalue weighted by atomic mass is 35.5. The summed E-state index contributed by atoms with van der Waals surface area (Å²) >= 11 is 12.1. The van der Waals surface area contributed by atoms with Gasteiger partial charge in [-0.2, -0.15) is 18.3 Å². The number of hydrogen-bond donors (Lipinski definition) is 0. The summed E-state index contributed by atoms with van der Waals surface area (Å²) in [7, 11) is 1.56. The summed E-state index contributed by atoms with van der Waals surface area (Å²) in [5, 5.41) is 3.65. The summed E-state index contributed by atoms with van der Waals surface area (Å²) in [6.07, 6.45) is -2.45. The predicted octanol–water partition coefficient (Wildman–Crippen LogP) is 4.34. The number of rotatable bonds is 6. The third-order valence-corrected chi connectivity index (χ3v) is 7.42. The first-order valence-corrected chi connectivity index (χ1v) is 12.2. The monoisotopic (exact) mass is 533 g/mol. The number of amides is 1. The normalized spacial score (nSPS) is 19.5. The fourth-order valence-electron chi connectivity index (χ4n) is 4.76. The molecule has 0 unspecified atom stereocenters. The van der Waals surface area contributed by atoms with Gasteiger partial charge in [-0.05, 0) is 45.0 Å². The van der Waals surface area contributed by atoms with E-state index in [0.717, 1.165) is 36.3 Å². The van der Waals surface area contributed by atoms with Gasteiger partial charge in [-0.25, -0.2) is 0 Å². The molecule has 192 valence electrons. The van der Waals surface area contributed by atoms with Crippen molar-refractivity contribution in [2.75, 3.05) is 51.3 Å². The van der Waals surface area contributed by atoms with E-state index in [1.165, 1.54) is 6.92 Å². The number of likely N-dealkylation sites (tertiary alicyclic amines) is 1. The molecule has 2 fully saturated rings. The van der Waals surface area contributed by atoms with E-state index in [2.05, 4.69) is 14.9 Å². The highest BCUT2D eigenvalue weighted by Crippen LogP contribution is 2.35. The molecule has 7 nitrogen and oxygen atoms in total. The van der Waals surface area contributed by atoms with Crippen LogP contribution in [0.4, 0.5) is 18.9 Å². The second-order valence-electron chi connectivity index (χ2n) is 8.92. The number of methoxy groups -OCH3 is 1. The number of alkyl halides is 3. The number of piperazine rings is 1. The van der Waals surface area contributed by atoms with E-state index < -0.39 is 16.9 Å². The third kappa shape index (κ3) is 5.65. The average molecular weight is 534 g/mol. The highest BCUT2D eigenvalue weighted by molar-refractivity contribution is 6.32. The molecule has 1 amide bonds. The summed E-state index contributed by atoms with van der Waals surface area (Å²) < 4.78 is 46.1. The Morgan fingerprint density at radius 1 is 1.17 bits per heavy atom. The highest BCUT2D eigenvalue weighted by Gasteiger charge is 2.39. The second-order valence-corrected chi connectivity index (χ2v) is 9.70. The molecule has 12 heteroatoms. The van der Waals surface area contributed by atoms with Crippen LogP contribution in [0.25, 0.3) is 0 Å².